The Labute approximate surface area is 225 Å². The quantitative estimate of drug-likeness (QED) is 0.375. The summed E-state index contributed by atoms with van der Waals surface area (Å²) < 4.78 is 3.53. The van der Waals surface area contributed by atoms with Gasteiger partial charge in [-0.15, -0.1) is 11.3 Å². The number of rotatable bonds is 7. The number of nitrogens with zero attached hydrogens (tertiary/aromatic N) is 6. The van der Waals surface area contributed by atoms with E-state index in [0.29, 0.717) is 34.6 Å². The molecule has 11 heteroatoms. The lowest BCUT2D eigenvalue weighted by molar-refractivity contribution is 0.0561. The number of amides is 2. The van der Waals surface area contributed by atoms with Crippen LogP contribution in [-0.2, 0) is 7.05 Å². The number of aryl methyl sites for hydroxylation is 2. The van der Waals surface area contributed by atoms with Crippen LogP contribution in [0.15, 0.2) is 30.9 Å². The molecule has 38 heavy (non-hydrogen) atoms. The average molecular weight is 533 g/mol. The van der Waals surface area contributed by atoms with Crippen molar-refractivity contribution in [1.29, 1.82) is 0 Å². The van der Waals surface area contributed by atoms with Crippen molar-refractivity contribution in [1.82, 2.24) is 34.6 Å². The first-order valence-corrected chi connectivity index (χ1v) is 13.9. The lowest BCUT2D eigenvalue weighted by Gasteiger charge is -2.46. The highest BCUT2D eigenvalue weighted by molar-refractivity contribution is 7.21. The molecular formula is C27H32N8O2S. The lowest BCUT2D eigenvalue weighted by Crippen LogP contribution is -2.51. The van der Waals surface area contributed by atoms with Crippen molar-refractivity contribution in [2.45, 2.75) is 51.5 Å². The number of hydrogen-bond acceptors (Lipinski definition) is 7. The van der Waals surface area contributed by atoms with Gasteiger partial charge in [-0.1, -0.05) is 0 Å². The summed E-state index contributed by atoms with van der Waals surface area (Å²) in [7, 11) is 1.90. The maximum absolute atomic E-state index is 13.2. The molecule has 1 saturated carbocycles. The van der Waals surface area contributed by atoms with E-state index in [1.807, 2.05) is 38.0 Å². The third kappa shape index (κ3) is 4.29. The summed E-state index contributed by atoms with van der Waals surface area (Å²) in [6.07, 6.45) is 13.3. The number of thiazole rings is 1. The standard InChI is InChI=1S/C27H32N8O2S/c1-17-22(12-19(13-29-17)24(36)28-9-11-34-10-5-8-27(34)6-4-7-27)32-25(37)21-15-31-35-16-23(38-26(21)35)20-14-30-33(3)18(20)2/h12-16H,4-11H2,1-3H3,(H,28,36)(H,32,37). The molecule has 10 nitrogen and oxygen atoms in total. The Balaban J connectivity index is 1.13. The molecule has 4 aromatic heterocycles. The van der Waals surface area contributed by atoms with Crippen molar-refractivity contribution >= 4 is 33.7 Å². The van der Waals surface area contributed by atoms with Gasteiger partial charge in [-0.2, -0.15) is 10.2 Å². The molecule has 0 aromatic carbocycles. The van der Waals surface area contributed by atoms with Crippen molar-refractivity contribution in [3.8, 4) is 10.4 Å². The fourth-order valence-electron chi connectivity index (χ4n) is 5.68. The van der Waals surface area contributed by atoms with Gasteiger partial charge < -0.3 is 10.6 Å². The van der Waals surface area contributed by atoms with Crippen LogP contribution in [0.5, 0.6) is 0 Å². The summed E-state index contributed by atoms with van der Waals surface area (Å²) in [5.74, 6) is -0.476. The number of anilines is 1. The van der Waals surface area contributed by atoms with Gasteiger partial charge in [-0.3, -0.25) is 24.2 Å². The summed E-state index contributed by atoms with van der Waals surface area (Å²) in [6.45, 7) is 6.41. The van der Waals surface area contributed by atoms with E-state index in [1.165, 1.54) is 43.4 Å². The van der Waals surface area contributed by atoms with Crippen LogP contribution in [0.2, 0.25) is 0 Å². The van der Waals surface area contributed by atoms with E-state index >= 15 is 0 Å². The predicted octanol–water partition coefficient (Wildman–Crippen LogP) is 3.81. The van der Waals surface area contributed by atoms with Gasteiger partial charge in [0, 0.05) is 49.3 Å². The molecule has 4 aromatic rings. The van der Waals surface area contributed by atoms with E-state index in [1.54, 1.807) is 23.0 Å². The number of carbonyl (C=O) groups is 2. The summed E-state index contributed by atoms with van der Waals surface area (Å²) >= 11 is 1.49. The van der Waals surface area contributed by atoms with E-state index in [-0.39, 0.29) is 11.8 Å². The highest BCUT2D eigenvalue weighted by atomic mass is 32.1. The number of hydrogen-bond donors (Lipinski definition) is 2. The molecule has 1 saturated heterocycles. The number of fused-ring (bicyclic) bond motifs is 1. The maximum Gasteiger partial charge on any atom is 0.260 e. The molecule has 2 fully saturated rings. The number of carbonyl (C=O) groups excluding carboxylic acids is 2. The van der Waals surface area contributed by atoms with Gasteiger partial charge in [0.15, 0.2) is 0 Å². The van der Waals surface area contributed by atoms with Crippen molar-refractivity contribution < 1.29 is 9.59 Å². The van der Waals surface area contributed by atoms with Gasteiger partial charge in [-0.25, -0.2) is 4.52 Å². The molecule has 2 N–H and O–H groups in total. The SMILES string of the molecule is Cc1ncc(C(=O)NCCN2CCCC23CCC3)cc1NC(=O)c1cnn2cc(-c3cnn(C)c3C)sc12. The van der Waals surface area contributed by atoms with Crippen LogP contribution in [0, 0.1) is 13.8 Å². The number of nitrogens with one attached hydrogen (secondary N) is 2. The zero-order valence-electron chi connectivity index (χ0n) is 22.0. The van der Waals surface area contributed by atoms with Crippen LogP contribution in [0.1, 0.15) is 64.2 Å². The molecule has 2 aliphatic rings. The topological polar surface area (TPSA) is 109 Å². The Morgan fingerprint density at radius 1 is 1.08 bits per heavy atom. The second-order valence-electron chi connectivity index (χ2n) is 10.4. The molecule has 0 unspecified atom stereocenters. The highest BCUT2D eigenvalue weighted by Crippen LogP contribution is 2.45. The van der Waals surface area contributed by atoms with Crippen LogP contribution in [0.25, 0.3) is 15.3 Å². The van der Waals surface area contributed by atoms with Crippen molar-refractivity contribution in [2.75, 3.05) is 25.0 Å². The van der Waals surface area contributed by atoms with Gasteiger partial charge in [0.1, 0.15) is 4.83 Å². The number of likely N-dealkylation sites (tertiary alicyclic amines) is 1. The first kappa shape index (κ1) is 24.7. The van der Waals surface area contributed by atoms with Crippen molar-refractivity contribution in [2.24, 2.45) is 7.05 Å². The van der Waals surface area contributed by atoms with E-state index in [4.69, 9.17) is 0 Å². The fourth-order valence-corrected chi connectivity index (χ4v) is 6.80. The van der Waals surface area contributed by atoms with Gasteiger partial charge in [0.2, 0.25) is 0 Å². The first-order chi connectivity index (χ1) is 18.3. The Morgan fingerprint density at radius 2 is 1.89 bits per heavy atom. The maximum atomic E-state index is 13.2. The monoisotopic (exact) mass is 532 g/mol. The van der Waals surface area contributed by atoms with E-state index in [9.17, 15) is 9.59 Å². The number of pyridine rings is 1. The summed E-state index contributed by atoms with van der Waals surface area (Å²) in [6, 6.07) is 1.69. The second kappa shape index (κ2) is 9.63. The number of aromatic nitrogens is 5. The molecule has 198 valence electrons. The smallest absolute Gasteiger partial charge is 0.260 e. The average Bonchev–Trinajstić information content (AvgIpc) is 3.64. The van der Waals surface area contributed by atoms with E-state index in [2.05, 4.69) is 30.7 Å². The molecular weight excluding hydrogens is 500 g/mol. The molecule has 1 aliphatic carbocycles. The highest BCUT2D eigenvalue weighted by Gasteiger charge is 2.44. The predicted molar refractivity (Wildman–Crippen MR) is 147 cm³/mol. The third-order valence-corrected chi connectivity index (χ3v) is 9.38. The summed E-state index contributed by atoms with van der Waals surface area (Å²) in [5, 5.41) is 14.7. The molecule has 2 amide bonds. The lowest BCUT2D eigenvalue weighted by atomic mass is 9.75. The molecule has 0 bridgehead atoms. The van der Waals surface area contributed by atoms with Gasteiger partial charge in [0.25, 0.3) is 11.8 Å². The minimum atomic E-state index is -0.293. The Bertz CT molecular complexity index is 1530. The van der Waals surface area contributed by atoms with Crippen molar-refractivity contribution in [3.05, 3.63) is 53.4 Å². The minimum Gasteiger partial charge on any atom is -0.351 e. The Morgan fingerprint density at radius 3 is 2.63 bits per heavy atom. The van der Waals surface area contributed by atoms with Crippen LogP contribution in [0.3, 0.4) is 0 Å². The summed E-state index contributed by atoms with van der Waals surface area (Å²) in [5.41, 5.74) is 4.49. The molecule has 5 heterocycles. The summed E-state index contributed by atoms with van der Waals surface area (Å²) in [4.78, 5) is 34.8. The van der Waals surface area contributed by atoms with E-state index < -0.39 is 0 Å². The van der Waals surface area contributed by atoms with Gasteiger partial charge >= 0.3 is 0 Å². The Hall–Kier alpha value is -3.57. The zero-order valence-corrected chi connectivity index (χ0v) is 22.8. The second-order valence-corrected chi connectivity index (χ2v) is 11.4. The van der Waals surface area contributed by atoms with E-state index in [0.717, 1.165) is 34.1 Å². The Kier molecular flexibility index (Phi) is 6.27. The van der Waals surface area contributed by atoms with Gasteiger partial charge in [0.05, 0.1) is 39.8 Å². The normalized spacial score (nSPS) is 16.7. The zero-order chi connectivity index (χ0) is 26.4. The molecule has 0 atom stereocenters. The first-order valence-electron chi connectivity index (χ1n) is 13.1. The van der Waals surface area contributed by atoms with Crippen LogP contribution in [-0.4, -0.2) is 66.3 Å². The van der Waals surface area contributed by atoms with Crippen LogP contribution < -0.4 is 10.6 Å². The molecule has 0 radical (unpaired) electrons. The van der Waals surface area contributed by atoms with Gasteiger partial charge in [-0.05, 0) is 58.6 Å². The van der Waals surface area contributed by atoms with Crippen LogP contribution in [0.4, 0.5) is 5.69 Å². The molecule has 1 spiro atoms. The molecule has 1 aliphatic heterocycles. The third-order valence-electron chi connectivity index (χ3n) is 8.23. The van der Waals surface area contributed by atoms with Crippen LogP contribution >= 0.6 is 11.3 Å². The fraction of sp³-hybridized carbons (Fsp3) is 0.444. The largest absolute Gasteiger partial charge is 0.351 e. The minimum absolute atomic E-state index is 0.183. The molecule has 6 rings (SSSR count). The van der Waals surface area contributed by atoms with Crippen molar-refractivity contribution in [3.63, 3.8) is 0 Å².